The van der Waals surface area contributed by atoms with E-state index in [0.29, 0.717) is 0 Å². The Morgan fingerprint density at radius 1 is 1.30 bits per heavy atom. The van der Waals surface area contributed by atoms with Crippen molar-refractivity contribution in [2.45, 2.75) is 51.8 Å². The molecule has 1 aliphatic heterocycles. The summed E-state index contributed by atoms with van der Waals surface area (Å²) in [6.07, 6.45) is -2.31. The third kappa shape index (κ3) is 3.91. The molecule has 0 aliphatic carbocycles. The highest BCUT2D eigenvalue weighted by atomic mass is 16.7. The van der Waals surface area contributed by atoms with Gasteiger partial charge in [-0.05, 0) is 13.8 Å². The maximum atomic E-state index is 11.9. The van der Waals surface area contributed by atoms with Crippen molar-refractivity contribution in [2.24, 2.45) is 11.8 Å². The van der Waals surface area contributed by atoms with Crippen LogP contribution in [0.5, 0.6) is 0 Å². The van der Waals surface area contributed by atoms with Crippen molar-refractivity contribution in [2.75, 3.05) is 20.7 Å². The summed E-state index contributed by atoms with van der Waals surface area (Å²) in [5, 5.41) is 20.6. The Kier molecular flexibility index (Phi) is 5.54. The van der Waals surface area contributed by atoms with Crippen LogP contribution >= 0.6 is 0 Å². The third-order valence-electron chi connectivity index (χ3n) is 3.83. The van der Waals surface area contributed by atoms with Crippen LogP contribution < -0.4 is 0 Å². The fraction of sp³-hybridized carbons (Fsp3) is 0.929. The van der Waals surface area contributed by atoms with Gasteiger partial charge in [0.15, 0.2) is 5.79 Å². The van der Waals surface area contributed by atoms with Crippen LogP contribution in [0.2, 0.25) is 0 Å². The number of carbonyl (C=O) groups is 1. The lowest BCUT2D eigenvalue weighted by Crippen LogP contribution is -2.45. The Morgan fingerprint density at radius 2 is 1.85 bits per heavy atom. The van der Waals surface area contributed by atoms with Crippen LogP contribution in [0, 0.1) is 11.8 Å². The molecule has 20 heavy (non-hydrogen) atoms. The first-order valence-corrected chi connectivity index (χ1v) is 6.96. The molecule has 1 fully saturated rings. The molecule has 2 N–H and O–H groups in total. The summed E-state index contributed by atoms with van der Waals surface area (Å²) < 4.78 is 11.0. The summed E-state index contributed by atoms with van der Waals surface area (Å²) in [4.78, 5) is 13.3. The number of carbonyl (C=O) groups excluding carboxylic acids is 1. The van der Waals surface area contributed by atoms with Crippen molar-refractivity contribution in [3.63, 3.8) is 0 Å². The van der Waals surface area contributed by atoms with Gasteiger partial charge in [-0.1, -0.05) is 13.8 Å². The lowest BCUT2D eigenvalue weighted by atomic mass is 9.86. The Labute approximate surface area is 120 Å². The van der Waals surface area contributed by atoms with Crippen LogP contribution in [-0.2, 0) is 14.3 Å². The summed E-state index contributed by atoms with van der Waals surface area (Å²) in [6.45, 7) is 7.20. The van der Waals surface area contributed by atoms with Gasteiger partial charge in [0.25, 0.3) is 0 Å². The van der Waals surface area contributed by atoms with Crippen molar-refractivity contribution in [1.29, 1.82) is 0 Å². The van der Waals surface area contributed by atoms with Gasteiger partial charge in [-0.25, -0.2) is 0 Å². The predicted octanol–water partition coefficient (Wildman–Crippen LogP) is 0.220. The largest absolute Gasteiger partial charge is 0.392 e. The van der Waals surface area contributed by atoms with E-state index in [1.54, 1.807) is 41.8 Å². The molecule has 1 amide bonds. The number of aliphatic hydroxyl groups is 2. The molecule has 0 aromatic rings. The highest BCUT2D eigenvalue weighted by Crippen LogP contribution is 2.29. The number of aliphatic hydroxyl groups excluding tert-OH is 2. The van der Waals surface area contributed by atoms with E-state index in [1.807, 2.05) is 0 Å². The van der Waals surface area contributed by atoms with Crippen molar-refractivity contribution in [1.82, 2.24) is 4.90 Å². The Morgan fingerprint density at radius 3 is 2.25 bits per heavy atom. The minimum absolute atomic E-state index is 0.166. The number of rotatable bonds is 5. The zero-order valence-electron chi connectivity index (χ0n) is 13.2. The quantitative estimate of drug-likeness (QED) is 0.757. The standard InChI is InChI=1S/C14H27NO5/c1-8(11(16)9(2)13(18)15(5)6)12(17)10-7-19-14(3,4)20-10/h8-12,16-17H,7H2,1-6H3/t8-,9-,10+,11-,12-/m0/s1. The first-order chi connectivity index (χ1) is 9.07. The van der Waals surface area contributed by atoms with Crippen molar-refractivity contribution in [3.05, 3.63) is 0 Å². The van der Waals surface area contributed by atoms with Crippen LogP contribution in [0.15, 0.2) is 0 Å². The van der Waals surface area contributed by atoms with Crippen molar-refractivity contribution >= 4 is 5.91 Å². The van der Waals surface area contributed by atoms with Gasteiger partial charge in [-0.2, -0.15) is 0 Å². The molecule has 0 radical (unpaired) electrons. The van der Waals surface area contributed by atoms with Crippen molar-refractivity contribution < 1.29 is 24.5 Å². The van der Waals surface area contributed by atoms with Crippen LogP contribution in [0.25, 0.3) is 0 Å². The molecule has 118 valence electrons. The molecule has 0 unspecified atom stereocenters. The maximum absolute atomic E-state index is 11.9. The molecule has 1 rings (SSSR count). The Hall–Kier alpha value is -0.690. The summed E-state index contributed by atoms with van der Waals surface area (Å²) in [5.74, 6) is -1.96. The molecule has 0 aromatic heterocycles. The Balaban J connectivity index is 2.64. The molecule has 5 atom stereocenters. The monoisotopic (exact) mass is 289 g/mol. The van der Waals surface area contributed by atoms with Gasteiger partial charge < -0.3 is 24.6 Å². The molecular formula is C14H27NO5. The van der Waals surface area contributed by atoms with Gasteiger partial charge in [0.2, 0.25) is 5.91 Å². The summed E-state index contributed by atoms with van der Waals surface area (Å²) in [5.41, 5.74) is 0. The molecule has 1 aliphatic rings. The predicted molar refractivity (Wildman–Crippen MR) is 73.9 cm³/mol. The highest BCUT2D eigenvalue weighted by Gasteiger charge is 2.41. The molecule has 0 saturated carbocycles. The van der Waals surface area contributed by atoms with Crippen LogP contribution in [0.3, 0.4) is 0 Å². The van der Waals surface area contributed by atoms with E-state index >= 15 is 0 Å². The van der Waals surface area contributed by atoms with E-state index in [2.05, 4.69) is 0 Å². The molecule has 6 nitrogen and oxygen atoms in total. The van der Waals surface area contributed by atoms with Gasteiger partial charge in [-0.15, -0.1) is 0 Å². The molecule has 0 bridgehead atoms. The molecule has 1 heterocycles. The van der Waals surface area contributed by atoms with Gasteiger partial charge in [-0.3, -0.25) is 4.79 Å². The minimum atomic E-state index is -0.938. The van der Waals surface area contributed by atoms with Gasteiger partial charge in [0, 0.05) is 20.0 Å². The van der Waals surface area contributed by atoms with Gasteiger partial charge >= 0.3 is 0 Å². The van der Waals surface area contributed by atoms with E-state index < -0.39 is 35.9 Å². The summed E-state index contributed by atoms with van der Waals surface area (Å²) in [7, 11) is 3.28. The number of hydrogen-bond acceptors (Lipinski definition) is 5. The first kappa shape index (κ1) is 17.4. The number of amides is 1. The topological polar surface area (TPSA) is 79.2 Å². The molecule has 0 spiro atoms. The highest BCUT2D eigenvalue weighted by molar-refractivity contribution is 5.78. The smallest absolute Gasteiger partial charge is 0.227 e. The normalized spacial score (nSPS) is 27.7. The van der Waals surface area contributed by atoms with E-state index in [0.717, 1.165) is 0 Å². The molecule has 0 aromatic carbocycles. The number of ether oxygens (including phenoxy) is 2. The number of nitrogens with zero attached hydrogens (tertiary/aromatic N) is 1. The second-order valence-electron chi connectivity index (χ2n) is 6.23. The second kappa shape index (κ2) is 6.39. The third-order valence-corrected chi connectivity index (χ3v) is 3.83. The lowest BCUT2D eigenvalue weighted by Gasteiger charge is -2.31. The molecular weight excluding hydrogens is 262 g/mol. The molecule has 6 heteroatoms. The van der Waals surface area contributed by atoms with E-state index in [1.165, 1.54) is 4.90 Å². The average molecular weight is 289 g/mol. The zero-order valence-corrected chi connectivity index (χ0v) is 13.2. The van der Waals surface area contributed by atoms with Gasteiger partial charge in [0.1, 0.15) is 6.10 Å². The molecule has 1 saturated heterocycles. The zero-order chi connectivity index (χ0) is 15.7. The van der Waals surface area contributed by atoms with E-state index in [9.17, 15) is 15.0 Å². The summed E-state index contributed by atoms with van der Waals surface area (Å²) in [6, 6.07) is 0. The van der Waals surface area contributed by atoms with Crippen LogP contribution in [0.4, 0.5) is 0 Å². The SMILES string of the molecule is C[C@@H]([C@H](O)[C@H](C)C(=O)N(C)C)[C@H](O)[C@H]1COC(C)(C)O1. The lowest BCUT2D eigenvalue weighted by molar-refractivity contribution is -0.162. The van der Waals surface area contributed by atoms with Crippen molar-refractivity contribution in [3.8, 4) is 0 Å². The fourth-order valence-corrected chi connectivity index (χ4v) is 2.43. The van der Waals surface area contributed by atoms with E-state index in [-0.39, 0.29) is 12.5 Å². The van der Waals surface area contributed by atoms with Gasteiger partial charge in [0.05, 0.1) is 24.7 Å². The van der Waals surface area contributed by atoms with Crippen LogP contribution in [-0.4, -0.2) is 65.8 Å². The fourth-order valence-electron chi connectivity index (χ4n) is 2.43. The number of hydrogen-bond donors (Lipinski definition) is 2. The maximum Gasteiger partial charge on any atom is 0.227 e. The second-order valence-corrected chi connectivity index (χ2v) is 6.23. The van der Waals surface area contributed by atoms with Crippen LogP contribution in [0.1, 0.15) is 27.7 Å². The Bertz CT molecular complexity index is 344. The van der Waals surface area contributed by atoms with E-state index in [4.69, 9.17) is 9.47 Å². The average Bonchev–Trinajstić information content (AvgIpc) is 2.74. The first-order valence-electron chi connectivity index (χ1n) is 6.96. The minimum Gasteiger partial charge on any atom is -0.392 e. The summed E-state index contributed by atoms with van der Waals surface area (Å²) >= 11 is 0.